The first kappa shape index (κ1) is 10.5. The topological polar surface area (TPSA) is 62.0 Å². The normalized spacial score (nSPS) is 11.9. The van der Waals surface area contributed by atoms with Crippen molar-refractivity contribution in [3.8, 4) is 0 Å². The molecule has 6 heteroatoms. The van der Waals surface area contributed by atoms with Crippen LogP contribution in [0, 0.1) is 0 Å². The predicted molar refractivity (Wildman–Crippen MR) is 64.5 cm³/mol. The van der Waals surface area contributed by atoms with E-state index in [1.807, 2.05) is 12.1 Å². The van der Waals surface area contributed by atoms with Gasteiger partial charge in [-0.3, -0.25) is 4.72 Å². The summed E-state index contributed by atoms with van der Waals surface area (Å²) in [5, 5.41) is 0.954. The Labute approximate surface area is 95.9 Å². The van der Waals surface area contributed by atoms with E-state index >= 15 is 0 Å². The number of H-pyrrole nitrogens is 1. The molecule has 0 amide bonds. The highest BCUT2D eigenvalue weighted by Crippen LogP contribution is 2.27. The molecular weight excluding hydrogens is 280 g/mol. The second-order valence-corrected chi connectivity index (χ2v) is 5.93. The lowest BCUT2D eigenvalue weighted by Crippen LogP contribution is -2.09. The van der Waals surface area contributed by atoms with Crippen LogP contribution in [0.3, 0.4) is 0 Å². The van der Waals surface area contributed by atoms with Crippen LogP contribution in [0.1, 0.15) is 0 Å². The number of benzene rings is 1. The number of rotatable bonds is 2. The number of nitrogens with one attached hydrogen (secondary N) is 2. The molecule has 1 aromatic carbocycles. The molecule has 0 fully saturated rings. The molecule has 0 atom stereocenters. The Kier molecular flexibility index (Phi) is 2.47. The Morgan fingerprint density at radius 1 is 1.40 bits per heavy atom. The van der Waals surface area contributed by atoms with E-state index in [2.05, 4.69) is 25.6 Å². The van der Waals surface area contributed by atoms with Crippen LogP contribution in [0.15, 0.2) is 28.9 Å². The molecule has 1 aromatic heterocycles. The zero-order valence-corrected chi connectivity index (χ0v) is 10.3. The summed E-state index contributed by atoms with van der Waals surface area (Å²) in [5.74, 6) is 0. The van der Waals surface area contributed by atoms with Crippen LogP contribution in [-0.4, -0.2) is 19.7 Å². The fraction of sp³-hybridized carbons (Fsp3) is 0.111. The van der Waals surface area contributed by atoms with Gasteiger partial charge in [0.1, 0.15) is 0 Å². The highest BCUT2D eigenvalue weighted by Gasteiger charge is 2.08. The lowest BCUT2D eigenvalue weighted by Gasteiger charge is -2.05. The molecule has 1 heterocycles. The van der Waals surface area contributed by atoms with Crippen molar-refractivity contribution in [2.45, 2.75) is 0 Å². The molecule has 0 aliphatic heterocycles. The minimum Gasteiger partial charge on any atom is -0.359 e. The van der Waals surface area contributed by atoms with Gasteiger partial charge in [0.2, 0.25) is 10.0 Å². The van der Waals surface area contributed by atoms with Gasteiger partial charge in [0.25, 0.3) is 0 Å². The second-order valence-electron chi connectivity index (χ2n) is 3.27. The molecule has 80 valence electrons. The van der Waals surface area contributed by atoms with Crippen molar-refractivity contribution in [1.29, 1.82) is 0 Å². The fourth-order valence-corrected chi connectivity index (χ4v) is 2.45. The lowest BCUT2D eigenvalue weighted by molar-refractivity contribution is 0.607. The summed E-state index contributed by atoms with van der Waals surface area (Å²) in [6.07, 6.45) is 2.90. The van der Waals surface area contributed by atoms with Crippen LogP contribution < -0.4 is 4.72 Å². The van der Waals surface area contributed by atoms with E-state index in [0.717, 1.165) is 21.6 Å². The van der Waals surface area contributed by atoms with Crippen molar-refractivity contribution < 1.29 is 8.42 Å². The summed E-state index contributed by atoms with van der Waals surface area (Å²) in [6, 6.07) is 5.52. The van der Waals surface area contributed by atoms with Crippen LogP contribution in [0.4, 0.5) is 5.69 Å². The van der Waals surface area contributed by atoms with E-state index in [-0.39, 0.29) is 0 Å². The first-order valence-corrected chi connectivity index (χ1v) is 6.88. The van der Waals surface area contributed by atoms with Crippen molar-refractivity contribution >= 4 is 42.5 Å². The van der Waals surface area contributed by atoms with E-state index in [1.165, 1.54) is 0 Å². The van der Waals surface area contributed by atoms with Crippen molar-refractivity contribution in [1.82, 2.24) is 4.98 Å². The Balaban J connectivity index is 2.63. The lowest BCUT2D eigenvalue weighted by atomic mass is 10.2. The van der Waals surface area contributed by atoms with Gasteiger partial charge in [-0.15, -0.1) is 0 Å². The number of hydrogen-bond donors (Lipinski definition) is 2. The monoisotopic (exact) mass is 288 g/mol. The van der Waals surface area contributed by atoms with Gasteiger partial charge in [0, 0.05) is 16.1 Å². The van der Waals surface area contributed by atoms with Crippen LogP contribution >= 0.6 is 15.9 Å². The minimum absolute atomic E-state index is 0.548. The van der Waals surface area contributed by atoms with E-state index in [9.17, 15) is 8.42 Å². The molecular formula is C9H9BrN2O2S. The maximum absolute atomic E-state index is 11.1. The molecule has 4 nitrogen and oxygen atoms in total. The zero-order valence-electron chi connectivity index (χ0n) is 7.91. The van der Waals surface area contributed by atoms with E-state index in [4.69, 9.17) is 0 Å². The molecule has 0 unspecified atom stereocenters. The SMILES string of the molecule is CS(=O)(=O)Nc1cc(Br)cc2cc[nH]c12. The number of halogens is 1. The summed E-state index contributed by atoms with van der Waals surface area (Å²) in [5.41, 5.74) is 1.33. The predicted octanol–water partition coefficient (Wildman–Crippen LogP) is 2.30. The van der Waals surface area contributed by atoms with Gasteiger partial charge in [-0.2, -0.15) is 0 Å². The highest BCUT2D eigenvalue weighted by molar-refractivity contribution is 9.10. The number of sulfonamides is 1. The average Bonchev–Trinajstić information content (AvgIpc) is 2.48. The first-order valence-electron chi connectivity index (χ1n) is 4.20. The van der Waals surface area contributed by atoms with Gasteiger partial charge in [0.15, 0.2) is 0 Å². The summed E-state index contributed by atoms with van der Waals surface area (Å²) >= 11 is 3.33. The third-order valence-electron chi connectivity index (χ3n) is 1.92. The Morgan fingerprint density at radius 3 is 2.80 bits per heavy atom. The van der Waals surface area contributed by atoms with Crippen LogP contribution in [-0.2, 0) is 10.0 Å². The first-order chi connectivity index (χ1) is 6.96. The molecule has 15 heavy (non-hydrogen) atoms. The van der Waals surface area contributed by atoms with Gasteiger partial charge in [0.05, 0.1) is 17.5 Å². The number of hydrogen-bond acceptors (Lipinski definition) is 2. The molecule has 2 rings (SSSR count). The number of anilines is 1. The Bertz CT molecular complexity index is 604. The van der Waals surface area contributed by atoms with Crippen molar-refractivity contribution in [3.05, 3.63) is 28.9 Å². The maximum atomic E-state index is 11.1. The zero-order chi connectivity index (χ0) is 11.1. The van der Waals surface area contributed by atoms with E-state index < -0.39 is 10.0 Å². The van der Waals surface area contributed by atoms with Crippen molar-refractivity contribution in [2.24, 2.45) is 0 Å². The summed E-state index contributed by atoms with van der Waals surface area (Å²) in [4.78, 5) is 2.99. The standard InChI is InChI=1S/C9H9BrN2O2S/c1-15(13,14)12-8-5-7(10)4-6-2-3-11-9(6)8/h2-5,11-12H,1H3. The maximum Gasteiger partial charge on any atom is 0.229 e. The van der Waals surface area contributed by atoms with Gasteiger partial charge < -0.3 is 4.98 Å². The second kappa shape index (κ2) is 3.53. The fourth-order valence-electron chi connectivity index (χ4n) is 1.42. The van der Waals surface area contributed by atoms with Crippen molar-refractivity contribution in [2.75, 3.05) is 11.0 Å². The third-order valence-corrected chi connectivity index (χ3v) is 2.97. The third kappa shape index (κ3) is 2.32. The molecule has 0 saturated heterocycles. The molecule has 0 bridgehead atoms. The molecule has 0 radical (unpaired) electrons. The number of aromatic amines is 1. The van der Waals surface area contributed by atoms with Crippen LogP contribution in [0.25, 0.3) is 10.9 Å². The quantitative estimate of drug-likeness (QED) is 0.891. The number of fused-ring (bicyclic) bond motifs is 1. The molecule has 0 spiro atoms. The minimum atomic E-state index is -3.25. The Morgan fingerprint density at radius 2 is 2.13 bits per heavy atom. The summed E-state index contributed by atoms with van der Waals surface area (Å²) in [7, 11) is -3.25. The van der Waals surface area contributed by atoms with Gasteiger partial charge in [-0.05, 0) is 18.2 Å². The van der Waals surface area contributed by atoms with Crippen LogP contribution in [0.5, 0.6) is 0 Å². The van der Waals surface area contributed by atoms with E-state index in [1.54, 1.807) is 12.3 Å². The summed E-state index contributed by atoms with van der Waals surface area (Å²) < 4.78 is 25.6. The van der Waals surface area contributed by atoms with Gasteiger partial charge in [-0.25, -0.2) is 8.42 Å². The highest BCUT2D eigenvalue weighted by atomic mass is 79.9. The van der Waals surface area contributed by atoms with Crippen LogP contribution in [0.2, 0.25) is 0 Å². The molecule has 2 aromatic rings. The molecule has 0 saturated carbocycles. The molecule has 2 N–H and O–H groups in total. The molecule has 0 aliphatic carbocycles. The van der Waals surface area contributed by atoms with Crippen molar-refractivity contribution in [3.63, 3.8) is 0 Å². The largest absolute Gasteiger partial charge is 0.359 e. The smallest absolute Gasteiger partial charge is 0.229 e. The summed E-state index contributed by atoms with van der Waals surface area (Å²) in [6.45, 7) is 0. The van der Waals surface area contributed by atoms with Gasteiger partial charge >= 0.3 is 0 Å². The number of aromatic nitrogens is 1. The Hall–Kier alpha value is -1.01. The molecule has 0 aliphatic rings. The average molecular weight is 289 g/mol. The van der Waals surface area contributed by atoms with E-state index in [0.29, 0.717) is 5.69 Å². The van der Waals surface area contributed by atoms with Gasteiger partial charge in [-0.1, -0.05) is 15.9 Å².